The van der Waals surface area contributed by atoms with E-state index < -0.39 is 35.2 Å². The Labute approximate surface area is 184 Å². The van der Waals surface area contributed by atoms with E-state index in [0.29, 0.717) is 35.5 Å². The molecule has 0 atom stereocenters. The third-order valence-corrected chi connectivity index (χ3v) is 5.96. The van der Waals surface area contributed by atoms with Gasteiger partial charge in [0.25, 0.3) is 0 Å². The van der Waals surface area contributed by atoms with Crippen LogP contribution in [0.25, 0.3) is 0 Å². The first-order valence-electron chi connectivity index (χ1n) is 9.30. The first kappa shape index (κ1) is 24.3. The van der Waals surface area contributed by atoms with Crippen molar-refractivity contribution in [1.29, 1.82) is 0 Å². The van der Waals surface area contributed by atoms with E-state index in [9.17, 15) is 22.8 Å². The molecule has 9 heteroatoms. The predicted octanol–water partition coefficient (Wildman–Crippen LogP) is 1.16. The summed E-state index contributed by atoms with van der Waals surface area (Å²) in [6.45, 7) is 1.59. The van der Waals surface area contributed by atoms with Gasteiger partial charge in [0.2, 0.25) is 0 Å². The van der Waals surface area contributed by atoms with Gasteiger partial charge in [-0.2, -0.15) is 0 Å². The SMILES string of the molecule is C[N+]1(CCl)CCC(C(=O)c2cccc(CC(=O)c3c(F)cc(F)cc3F)n2)CC1.[Cl-]. The number of rotatable bonds is 6. The van der Waals surface area contributed by atoms with Gasteiger partial charge >= 0.3 is 0 Å². The average molecular weight is 461 g/mol. The van der Waals surface area contributed by atoms with Crippen molar-refractivity contribution in [2.45, 2.75) is 19.3 Å². The van der Waals surface area contributed by atoms with Gasteiger partial charge in [0, 0.05) is 36.6 Å². The Morgan fingerprint density at radius 3 is 2.30 bits per heavy atom. The minimum absolute atomic E-state index is 0. The average Bonchev–Trinajstić information content (AvgIpc) is 2.67. The predicted molar refractivity (Wildman–Crippen MR) is 102 cm³/mol. The number of Topliss-reactive ketones (excluding diaryl/α,β-unsaturated/α-hetero) is 2. The summed E-state index contributed by atoms with van der Waals surface area (Å²) in [6.07, 6.45) is 0.990. The minimum atomic E-state index is -1.26. The van der Waals surface area contributed by atoms with Crippen molar-refractivity contribution in [3.63, 3.8) is 0 Å². The lowest BCUT2D eigenvalue weighted by molar-refractivity contribution is -0.904. The molecule has 0 spiro atoms. The van der Waals surface area contributed by atoms with E-state index in [1.54, 1.807) is 12.1 Å². The van der Waals surface area contributed by atoms with Crippen molar-refractivity contribution in [3.8, 4) is 0 Å². The van der Waals surface area contributed by atoms with Crippen LogP contribution in [0.2, 0.25) is 0 Å². The van der Waals surface area contributed by atoms with E-state index in [2.05, 4.69) is 4.98 Å². The van der Waals surface area contributed by atoms with Gasteiger partial charge in [-0.3, -0.25) is 9.59 Å². The van der Waals surface area contributed by atoms with Crippen LogP contribution < -0.4 is 12.4 Å². The highest BCUT2D eigenvalue weighted by molar-refractivity contribution is 6.17. The van der Waals surface area contributed by atoms with Crippen LogP contribution >= 0.6 is 11.6 Å². The number of hydrogen-bond donors (Lipinski definition) is 0. The van der Waals surface area contributed by atoms with Gasteiger partial charge in [-0.15, -0.1) is 0 Å². The highest BCUT2D eigenvalue weighted by Gasteiger charge is 2.33. The van der Waals surface area contributed by atoms with Gasteiger partial charge in [-0.05, 0) is 12.1 Å². The molecule has 1 aliphatic heterocycles. The van der Waals surface area contributed by atoms with Gasteiger partial charge in [0.15, 0.2) is 17.6 Å². The molecule has 0 radical (unpaired) electrons. The maximum absolute atomic E-state index is 13.8. The molecule has 0 bridgehead atoms. The van der Waals surface area contributed by atoms with Gasteiger partial charge in [0.05, 0.1) is 32.1 Å². The highest BCUT2D eigenvalue weighted by atomic mass is 35.5. The number of nitrogens with zero attached hydrogens (tertiary/aromatic N) is 2. The van der Waals surface area contributed by atoms with Crippen LogP contribution in [0.15, 0.2) is 30.3 Å². The van der Waals surface area contributed by atoms with E-state index in [1.807, 2.05) is 7.05 Å². The summed E-state index contributed by atoms with van der Waals surface area (Å²) in [7, 11) is 2.05. The largest absolute Gasteiger partial charge is 1.00 e. The Morgan fingerprint density at radius 2 is 1.73 bits per heavy atom. The first-order chi connectivity index (χ1) is 13.7. The topological polar surface area (TPSA) is 47.0 Å². The van der Waals surface area contributed by atoms with Crippen molar-refractivity contribution in [1.82, 2.24) is 4.98 Å². The molecule has 4 nitrogen and oxygen atoms in total. The molecule has 3 rings (SSSR count). The van der Waals surface area contributed by atoms with Crippen molar-refractivity contribution in [3.05, 3.63) is 64.7 Å². The Morgan fingerprint density at radius 1 is 1.13 bits per heavy atom. The van der Waals surface area contributed by atoms with E-state index in [1.165, 1.54) is 6.07 Å². The molecule has 30 heavy (non-hydrogen) atoms. The summed E-state index contributed by atoms with van der Waals surface area (Å²) in [5.41, 5.74) is -0.362. The van der Waals surface area contributed by atoms with E-state index in [-0.39, 0.29) is 35.5 Å². The molecule has 0 aliphatic carbocycles. The lowest BCUT2D eigenvalue weighted by atomic mass is 9.90. The number of likely N-dealkylation sites (tertiary alicyclic amines) is 1. The number of ketones is 2. The van der Waals surface area contributed by atoms with Gasteiger partial charge in [0.1, 0.15) is 23.1 Å². The normalized spacial score (nSPS) is 21.0. The standard InChI is InChI=1S/C21H21ClF3N2O2.ClH/c1-27(12-22)7-5-13(6-8-27)21(29)18-4-2-3-15(26-18)11-19(28)20-16(24)9-14(23)10-17(20)25;/h2-4,9-10,13H,5-8,11-12H2,1H3;1H/q+1;/p-1. The highest BCUT2D eigenvalue weighted by Crippen LogP contribution is 2.25. The third-order valence-electron chi connectivity index (χ3n) is 5.38. The maximum atomic E-state index is 13.8. The molecular formula is C21H21Cl2F3N2O2. The van der Waals surface area contributed by atoms with E-state index >= 15 is 0 Å². The quantitative estimate of drug-likeness (QED) is 0.281. The lowest BCUT2D eigenvalue weighted by Gasteiger charge is -2.38. The summed E-state index contributed by atoms with van der Waals surface area (Å²) in [4.78, 5) is 29.3. The molecule has 1 aromatic carbocycles. The van der Waals surface area contributed by atoms with Gasteiger partial charge < -0.3 is 16.9 Å². The van der Waals surface area contributed by atoms with Crippen LogP contribution in [0.3, 0.4) is 0 Å². The van der Waals surface area contributed by atoms with Gasteiger partial charge in [-0.25, -0.2) is 18.2 Å². The summed E-state index contributed by atoms with van der Waals surface area (Å²) < 4.78 is 41.4. The number of quaternary nitrogens is 1. The number of piperidine rings is 1. The second-order valence-corrected chi connectivity index (χ2v) is 7.92. The number of hydrogen-bond acceptors (Lipinski definition) is 3. The molecule has 0 unspecified atom stereocenters. The Balaban J connectivity index is 0.00000320. The number of carbonyl (C=O) groups is 2. The fourth-order valence-corrected chi connectivity index (χ4v) is 3.80. The van der Waals surface area contributed by atoms with Crippen LogP contribution in [-0.4, -0.2) is 47.2 Å². The molecule has 2 heterocycles. The molecule has 1 fully saturated rings. The van der Waals surface area contributed by atoms with E-state index in [4.69, 9.17) is 11.6 Å². The third kappa shape index (κ3) is 5.39. The van der Waals surface area contributed by atoms with Crippen molar-refractivity contribution < 1.29 is 39.7 Å². The summed E-state index contributed by atoms with van der Waals surface area (Å²) >= 11 is 5.99. The van der Waals surface area contributed by atoms with Crippen LogP contribution in [0, 0.1) is 23.4 Å². The van der Waals surface area contributed by atoms with Crippen LogP contribution in [0.5, 0.6) is 0 Å². The van der Waals surface area contributed by atoms with Crippen LogP contribution in [-0.2, 0) is 6.42 Å². The fourth-order valence-electron chi connectivity index (χ4n) is 3.56. The molecule has 2 aromatic rings. The number of carbonyl (C=O) groups excluding carboxylic acids is 2. The van der Waals surface area contributed by atoms with Gasteiger partial charge in [-0.1, -0.05) is 17.7 Å². The fraction of sp³-hybridized carbons (Fsp3) is 0.381. The second kappa shape index (κ2) is 9.90. The Kier molecular flexibility index (Phi) is 8.02. The van der Waals surface area contributed by atoms with Crippen LogP contribution in [0.4, 0.5) is 13.2 Å². The zero-order valence-corrected chi connectivity index (χ0v) is 17.8. The van der Waals surface area contributed by atoms with Crippen molar-refractivity contribution >= 4 is 23.2 Å². The molecule has 0 N–H and O–H groups in total. The zero-order valence-electron chi connectivity index (χ0n) is 16.3. The molecule has 0 amide bonds. The lowest BCUT2D eigenvalue weighted by Crippen LogP contribution is -3.00. The number of aromatic nitrogens is 1. The summed E-state index contributed by atoms with van der Waals surface area (Å²) in [6, 6.07) is 6.07. The molecule has 0 saturated carbocycles. The minimum Gasteiger partial charge on any atom is -1.00 e. The van der Waals surface area contributed by atoms with E-state index in [0.717, 1.165) is 13.1 Å². The number of alkyl halides is 1. The van der Waals surface area contributed by atoms with Crippen LogP contribution in [0.1, 0.15) is 39.4 Å². The first-order valence-corrected chi connectivity index (χ1v) is 9.83. The molecule has 162 valence electrons. The monoisotopic (exact) mass is 460 g/mol. The summed E-state index contributed by atoms with van der Waals surface area (Å²) in [5.74, 6) is -4.78. The Bertz CT molecular complexity index is 925. The number of halogens is 5. The molecular weight excluding hydrogens is 440 g/mol. The number of pyridine rings is 1. The second-order valence-electron chi connectivity index (χ2n) is 7.68. The maximum Gasteiger partial charge on any atom is 0.184 e. The zero-order chi connectivity index (χ0) is 21.2. The molecule has 1 aliphatic rings. The molecule has 1 aromatic heterocycles. The summed E-state index contributed by atoms with van der Waals surface area (Å²) in [5, 5.41) is 0. The molecule has 1 saturated heterocycles. The van der Waals surface area contributed by atoms with Crippen molar-refractivity contribution in [2.24, 2.45) is 5.92 Å². The Hall–Kier alpha value is -1.96. The number of benzene rings is 1. The smallest absolute Gasteiger partial charge is 0.184 e. The van der Waals surface area contributed by atoms with Crippen molar-refractivity contribution in [2.75, 3.05) is 26.1 Å².